The molecule has 7 heteroatoms. The van der Waals surface area contributed by atoms with E-state index in [1.165, 1.54) is 10.6 Å². The molecule has 1 atom stereocenters. The second kappa shape index (κ2) is 7.55. The lowest BCUT2D eigenvalue weighted by atomic mass is 10.1. The number of hydrogen-bond donors (Lipinski definition) is 0. The highest BCUT2D eigenvalue weighted by atomic mass is 32.2. The first-order valence-electron chi connectivity index (χ1n) is 8.60. The van der Waals surface area contributed by atoms with Crippen molar-refractivity contribution in [1.82, 2.24) is 9.29 Å². The Balaban J connectivity index is 1.70. The monoisotopic (exact) mass is 373 g/mol. The SMILES string of the molecule is CC1Cc2ccccc2N1C(=O)CCN(Cc1cccnc1)S(C)(=O)=O. The van der Waals surface area contributed by atoms with Crippen molar-refractivity contribution < 1.29 is 13.2 Å². The molecule has 0 N–H and O–H groups in total. The predicted octanol–water partition coefficient (Wildman–Crippen LogP) is 2.21. The molecular weight excluding hydrogens is 350 g/mol. The molecule has 2 aromatic rings. The number of rotatable bonds is 6. The first-order chi connectivity index (χ1) is 12.4. The molecule has 0 radical (unpaired) electrons. The Labute approximate surface area is 154 Å². The Bertz CT molecular complexity index is 884. The van der Waals surface area contributed by atoms with E-state index in [-0.39, 0.29) is 31.5 Å². The van der Waals surface area contributed by atoms with Crippen molar-refractivity contribution in [3.8, 4) is 0 Å². The summed E-state index contributed by atoms with van der Waals surface area (Å²) in [5.74, 6) is -0.0534. The van der Waals surface area contributed by atoms with Gasteiger partial charge in [0, 0.05) is 43.6 Å². The Morgan fingerprint density at radius 2 is 2.04 bits per heavy atom. The van der Waals surface area contributed by atoms with Crippen LogP contribution in [0.25, 0.3) is 0 Å². The van der Waals surface area contributed by atoms with Gasteiger partial charge in [-0.15, -0.1) is 0 Å². The minimum atomic E-state index is -3.42. The molecule has 1 unspecified atom stereocenters. The molecule has 6 nitrogen and oxygen atoms in total. The zero-order valence-electron chi connectivity index (χ0n) is 15.0. The van der Waals surface area contributed by atoms with Crippen LogP contribution >= 0.6 is 0 Å². The molecule has 26 heavy (non-hydrogen) atoms. The maximum atomic E-state index is 12.8. The van der Waals surface area contributed by atoms with Crippen molar-refractivity contribution in [1.29, 1.82) is 0 Å². The number of sulfonamides is 1. The van der Waals surface area contributed by atoms with Crippen molar-refractivity contribution in [3.63, 3.8) is 0 Å². The first kappa shape index (κ1) is 18.5. The number of aromatic nitrogens is 1. The van der Waals surface area contributed by atoms with E-state index in [0.717, 1.165) is 23.2 Å². The summed E-state index contributed by atoms with van der Waals surface area (Å²) in [5, 5.41) is 0. The maximum absolute atomic E-state index is 12.8. The first-order valence-corrected chi connectivity index (χ1v) is 10.4. The second-order valence-corrected chi connectivity index (χ2v) is 8.64. The highest BCUT2D eigenvalue weighted by molar-refractivity contribution is 7.88. The Morgan fingerprint density at radius 1 is 1.27 bits per heavy atom. The number of benzene rings is 1. The number of carbonyl (C=O) groups excluding carboxylic acids is 1. The topological polar surface area (TPSA) is 70.6 Å². The van der Waals surface area contributed by atoms with Gasteiger partial charge in [-0.25, -0.2) is 8.42 Å². The van der Waals surface area contributed by atoms with Gasteiger partial charge >= 0.3 is 0 Å². The normalized spacial score (nSPS) is 16.7. The number of anilines is 1. The zero-order chi connectivity index (χ0) is 18.7. The lowest BCUT2D eigenvalue weighted by Crippen LogP contribution is -2.39. The van der Waals surface area contributed by atoms with Gasteiger partial charge in [0.15, 0.2) is 0 Å². The number of pyridine rings is 1. The van der Waals surface area contributed by atoms with Gasteiger partial charge in [0.1, 0.15) is 0 Å². The van der Waals surface area contributed by atoms with E-state index >= 15 is 0 Å². The summed E-state index contributed by atoms with van der Waals surface area (Å²) in [6, 6.07) is 11.5. The van der Waals surface area contributed by atoms with E-state index in [1.54, 1.807) is 23.4 Å². The molecule has 0 bridgehead atoms. The Kier molecular flexibility index (Phi) is 5.38. The van der Waals surface area contributed by atoms with Gasteiger partial charge in [-0.2, -0.15) is 4.31 Å². The number of fused-ring (bicyclic) bond motifs is 1. The molecule has 0 spiro atoms. The molecule has 0 saturated carbocycles. The van der Waals surface area contributed by atoms with Crippen LogP contribution in [0.15, 0.2) is 48.8 Å². The van der Waals surface area contributed by atoms with Crippen molar-refractivity contribution in [2.45, 2.75) is 32.4 Å². The van der Waals surface area contributed by atoms with Gasteiger partial charge in [-0.1, -0.05) is 24.3 Å². The molecule has 0 fully saturated rings. The fourth-order valence-electron chi connectivity index (χ4n) is 3.34. The quantitative estimate of drug-likeness (QED) is 0.778. The lowest BCUT2D eigenvalue weighted by molar-refractivity contribution is -0.119. The largest absolute Gasteiger partial charge is 0.309 e. The molecule has 1 aromatic carbocycles. The van der Waals surface area contributed by atoms with E-state index in [4.69, 9.17) is 0 Å². The van der Waals surface area contributed by atoms with Gasteiger partial charge in [-0.3, -0.25) is 9.78 Å². The standard InChI is InChI=1S/C19H23N3O3S/c1-15-12-17-7-3-4-8-18(17)22(15)19(23)9-11-21(26(2,24)25)14-16-6-5-10-20-13-16/h3-8,10,13,15H,9,11-12,14H2,1-2H3. The van der Waals surface area contributed by atoms with Crippen LogP contribution in [0, 0.1) is 0 Å². The minimum absolute atomic E-state index is 0.0534. The third kappa shape index (κ3) is 4.11. The van der Waals surface area contributed by atoms with Crippen molar-refractivity contribution in [2.24, 2.45) is 0 Å². The summed E-state index contributed by atoms with van der Waals surface area (Å²) in [7, 11) is -3.42. The van der Waals surface area contributed by atoms with Crippen molar-refractivity contribution in [2.75, 3.05) is 17.7 Å². The molecule has 1 aliphatic heterocycles. The summed E-state index contributed by atoms with van der Waals surface area (Å²) in [4.78, 5) is 18.6. The van der Waals surface area contributed by atoms with Crippen LogP contribution in [-0.2, 0) is 27.8 Å². The van der Waals surface area contributed by atoms with Gasteiger partial charge in [0.25, 0.3) is 0 Å². The average Bonchev–Trinajstić information content (AvgIpc) is 2.94. The molecule has 2 heterocycles. The highest BCUT2D eigenvalue weighted by Crippen LogP contribution is 2.32. The summed E-state index contributed by atoms with van der Waals surface area (Å²) in [6.45, 7) is 2.38. The summed E-state index contributed by atoms with van der Waals surface area (Å²) < 4.78 is 25.6. The van der Waals surface area contributed by atoms with Crippen LogP contribution < -0.4 is 4.90 Å². The molecule has 1 aliphatic rings. The van der Waals surface area contributed by atoms with E-state index in [0.29, 0.717) is 0 Å². The number of amides is 1. The minimum Gasteiger partial charge on any atom is -0.309 e. The second-order valence-electron chi connectivity index (χ2n) is 6.65. The van der Waals surface area contributed by atoms with Gasteiger partial charge in [0.05, 0.1) is 6.26 Å². The van der Waals surface area contributed by atoms with E-state index < -0.39 is 10.0 Å². The molecule has 1 amide bonds. The molecule has 3 rings (SSSR count). The molecule has 0 saturated heterocycles. The van der Waals surface area contributed by atoms with E-state index in [1.807, 2.05) is 37.3 Å². The van der Waals surface area contributed by atoms with Gasteiger partial charge in [-0.05, 0) is 36.6 Å². The van der Waals surface area contributed by atoms with Crippen LogP contribution in [0.2, 0.25) is 0 Å². The fraction of sp³-hybridized carbons (Fsp3) is 0.368. The Hall–Kier alpha value is -2.25. The molecular formula is C19H23N3O3S. The number of nitrogens with zero attached hydrogens (tertiary/aromatic N) is 3. The van der Waals surface area contributed by atoms with Crippen molar-refractivity contribution >= 4 is 21.6 Å². The van der Waals surface area contributed by atoms with Crippen LogP contribution in [0.1, 0.15) is 24.5 Å². The summed E-state index contributed by atoms with van der Waals surface area (Å²) >= 11 is 0. The maximum Gasteiger partial charge on any atom is 0.228 e. The van der Waals surface area contributed by atoms with Gasteiger partial charge < -0.3 is 4.90 Å². The Morgan fingerprint density at radius 3 is 2.73 bits per heavy atom. The van der Waals surface area contributed by atoms with Crippen LogP contribution in [-0.4, -0.2) is 42.5 Å². The molecule has 138 valence electrons. The predicted molar refractivity (Wildman–Crippen MR) is 101 cm³/mol. The molecule has 1 aromatic heterocycles. The molecule has 0 aliphatic carbocycles. The number of para-hydroxylation sites is 1. The van der Waals surface area contributed by atoms with Crippen LogP contribution in [0.4, 0.5) is 5.69 Å². The lowest BCUT2D eigenvalue weighted by Gasteiger charge is -2.25. The van der Waals surface area contributed by atoms with Crippen LogP contribution in [0.3, 0.4) is 0 Å². The van der Waals surface area contributed by atoms with E-state index in [2.05, 4.69) is 4.98 Å². The fourth-order valence-corrected chi connectivity index (χ4v) is 4.15. The highest BCUT2D eigenvalue weighted by Gasteiger charge is 2.31. The number of carbonyl (C=O) groups is 1. The third-order valence-electron chi connectivity index (χ3n) is 4.60. The average molecular weight is 373 g/mol. The summed E-state index contributed by atoms with van der Waals surface area (Å²) in [6.07, 6.45) is 5.42. The summed E-state index contributed by atoms with van der Waals surface area (Å²) in [5.41, 5.74) is 2.89. The van der Waals surface area contributed by atoms with Crippen molar-refractivity contribution in [3.05, 3.63) is 59.9 Å². The van der Waals surface area contributed by atoms with Crippen LogP contribution in [0.5, 0.6) is 0 Å². The smallest absolute Gasteiger partial charge is 0.228 e. The van der Waals surface area contributed by atoms with E-state index in [9.17, 15) is 13.2 Å². The number of hydrogen-bond acceptors (Lipinski definition) is 4. The zero-order valence-corrected chi connectivity index (χ0v) is 15.8. The third-order valence-corrected chi connectivity index (χ3v) is 5.85. The van der Waals surface area contributed by atoms with Gasteiger partial charge in [0.2, 0.25) is 15.9 Å².